The minimum Gasteiger partial charge on any atom is -0.478 e. The lowest BCUT2D eigenvalue weighted by Crippen LogP contribution is -2.46. The molecule has 4 aromatic rings. The second-order valence-electron chi connectivity index (χ2n) is 11.9. The Labute approximate surface area is 255 Å². The van der Waals surface area contributed by atoms with Gasteiger partial charge in [0, 0.05) is 36.4 Å². The Bertz CT molecular complexity index is 1730. The minimum atomic E-state index is -0.908. The third-order valence-electron chi connectivity index (χ3n) is 9.03. The molecule has 0 radical (unpaired) electrons. The highest BCUT2D eigenvalue weighted by atomic mass is 35.5. The van der Waals surface area contributed by atoms with Crippen molar-refractivity contribution in [3.05, 3.63) is 62.8 Å². The van der Waals surface area contributed by atoms with Gasteiger partial charge in [0.15, 0.2) is 10.9 Å². The number of carbonyl (C=O) groups is 2. The number of anilines is 1. The maximum absolute atomic E-state index is 13.8. The monoisotopic (exact) mass is 623 g/mol. The number of carboxylic acid groups (broad SMARTS) is 1. The summed E-state index contributed by atoms with van der Waals surface area (Å²) in [6.45, 7) is 0. The molecule has 4 aliphatic rings. The Balaban J connectivity index is 1.06. The number of fused-ring (bicyclic) bond motifs is 3. The van der Waals surface area contributed by atoms with Gasteiger partial charge in [0.2, 0.25) is 0 Å². The average Bonchev–Trinajstić information content (AvgIpc) is 3.88. The van der Waals surface area contributed by atoms with E-state index in [0.29, 0.717) is 56.9 Å². The van der Waals surface area contributed by atoms with Gasteiger partial charge in [-0.2, -0.15) is 0 Å². The fourth-order valence-electron chi connectivity index (χ4n) is 6.75. The molecule has 8 nitrogen and oxygen atoms in total. The van der Waals surface area contributed by atoms with Gasteiger partial charge in [-0.1, -0.05) is 45.8 Å². The zero-order valence-corrected chi connectivity index (χ0v) is 24.8. The number of aromatic nitrogens is 2. The number of hydrogen-bond acceptors (Lipinski definition) is 8. The summed E-state index contributed by atoms with van der Waals surface area (Å²) in [6, 6.07) is 9.11. The van der Waals surface area contributed by atoms with Gasteiger partial charge < -0.3 is 19.3 Å². The predicted octanol–water partition coefficient (Wildman–Crippen LogP) is 8.07. The van der Waals surface area contributed by atoms with Crippen molar-refractivity contribution in [1.82, 2.24) is 10.1 Å². The Morgan fingerprint density at radius 3 is 2.33 bits per heavy atom. The molecule has 2 aliphatic heterocycles. The first-order valence-electron chi connectivity index (χ1n) is 14.5. The largest absolute Gasteiger partial charge is 0.478 e. The lowest BCUT2D eigenvalue weighted by atomic mass is 9.99. The molecule has 0 spiro atoms. The zero-order chi connectivity index (χ0) is 28.7. The van der Waals surface area contributed by atoms with Crippen LogP contribution in [0.2, 0.25) is 10.0 Å². The van der Waals surface area contributed by atoms with Crippen LogP contribution in [0.3, 0.4) is 0 Å². The maximum atomic E-state index is 13.8. The molecule has 8 rings (SSSR count). The molecule has 42 heavy (non-hydrogen) atoms. The van der Waals surface area contributed by atoms with E-state index in [1.807, 2.05) is 0 Å². The number of piperidine rings is 1. The SMILES string of the molecule is O=C(O)c1cc(C2CC2)c2nc(N3[C@@H]4CC[C@H]3C[C@@H](OC(=O)c3c(-c5c(Cl)cccc5Cl)noc3C3CC3)C4)sc2c1. The van der Waals surface area contributed by atoms with Crippen LogP contribution >= 0.6 is 34.5 Å². The topological polar surface area (TPSA) is 106 Å². The van der Waals surface area contributed by atoms with Crippen molar-refractivity contribution in [3.63, 3.8) is 0 Å². The van der Waals surface area contributed by atoms with Gasteiger partial charge in [-0.25, -0.2) is 14.6 Å². The lowest BCUT2D eigenvalue weighted by Gasteiger charge is -2.38. The number of benzene rings is 2. The van der Waals surface area contributed by atoms with E-state index in [2.05, 4.69) is 10.1 Å². The van der Waals surface area contributed by atoms with Gasteiger partial charge in [0.05, 0.1) is 25.8 Å². The molecule has 2 saturated carbocycles. The van der Waals surface area contributed by atoms with E-state index in [4.69, 9.17) is 37.4 Å². The number of ether oxygens (including phenoxy) is 1. The van der Waals surface area contributed by atoms with Crippen molar-refractivity contribution in [1.29, 1.82) is 0 Å². The number of aromatic carboxylic acids is 1. The summed E-state index contributed by atoms with van der Waals surface area (Å²) in [5, 5.41) is 15.6. The van der Waals surface area contributed by atoms with Crippen molar-refractivity contribution >= 4 is 61.8 Å². The van der Waals surface area contributed by atoms with Gasteiger partial charge in [-0.05, 0) is 74.3 Å². The molecule has 0 unspecified atom stereocenters. The second kappa shape index (κ2) is 9.96. The van der Waals surface area contributed by atoms with Gasteiger partial charge >= 0.3 is 11.9 Å². The molecule has 0 amide bonds. The Hall–Kier alpha value is -3.14. The van der Waals surface area contributed by atoms with Crippen molar-refractivity contribution in [2.45, 2.75) is 81.4 Å². The molecule has 4 heterocycles. The van der Waals surface area contributed by atoms with E-state index in [-0.39, 0.29) is 24.1 Å². The number of thiazole rings is 1. The minimum absolute atomic E-state index is 0.147. The number of carbonyl (C=O) groups excluding carboxylic acids is 1. The Morgan fingerprint density at radius 2 is 1.69 bits per heavy atom. The van der Waals surface area contributed by atoms with E-state index < -0.39 is 11.9 Å². The molecule has 4 fully saturated rings. The molecular weight excluding hydrogens is 597 g/mol. The Kier molecular flexibility index (Phi) is 6.28. The standard InChI is InChI=1S/C31H27Cl2N3O5S/c32-21-2-1-3-22(33)24(21)27-25(28(41-35-27)15-6-7-15)30(39)40-19-12-17-8-9-18(13-19)36(17)31-34-26-20(14-4-5-14)10-16(29(37)38)11-23(26)42-31/h1-3,10-11,14-15,17-19H,4-9,12-13H2,(H,37,38)/t17-,18+,19+. The highest BCUT2D eigenvalue weighted by molar-refractivity contribution is 7.22. The van der Waals surface area contributed by atoms with Gasteiger partial charge in [0.1, 0.15) is 17.4 Å². The maximum Gasteiger partial charge on any atom is 0.344 e. The van der Waals surface area contributed by atoms with E-state index in [0.717, 1.165) is 59.4 Å². The van der Waals surface area contributed by atoms with Gasteiger partial charge in [0.25, 0.3) is 0 Å². The molecule has 216 valence electrons. The smallest absolute Gasteiger partial charge is 0.344 e. The third kappa shape index (κ3) is 4.48. The van der Waals surface area contributed by atoms with Crippen LogP contribution in [-0.4, -0.2) is 45.4 Å². The normalized spacial score (nSPS) is 23.5. The molecular formula is C31H27Cl2N3O5S. The van der Waals surface area contributed by atoms with Crippen molar-refractivity contribution in [3.8, 4) is 11.3 Å². The summed E-state index contributed by atoms with van der Waals surface area (Å²) in [7, 11) is 0. The average molecular weight is 625 g/mol. The predicted molar refractivity (Wildman–Crippen MR) is 160 cm³/mol. The molecule has 2 saturated heterocycles. The molecule has 2 aliphatic carbocycles. The number of rotatable bonds is 7. The number of esters is 1. The summed E-state index contributed by atoms with van der Waals surface area (Å²) in [6.07, 6.45) is 7.15. The molecule has 11 heteroatoms. The highest BCUT2D eigenvalue weighted by Crippen LogP contribution is 2.49. The summed E-state index contributed by atoms with van der Waals surface area (Å²) >= 11 is 14.5. The quantitative estimate of drug-likeness (QED) is 0.206. The fraction of sp³-hybridized carbons (Fsp3) is 0.419. The van der Waals surface area contributed by atoms with Crippen LogP contribution in [-0.2, 0) is 4.74 Å². The Morgan fingerprint density at radius 1 is 1.00 bits per heavy atom. The zero-order valence-electron chi connectivity index (χ0n) is 22.5. The second-order valence-corrected chi connectivity index (χ2v) is 13.7. The summed E-state index contributed by atoms with van der Waals surface area (Å²) in [4.78, 5) is 33.0. The molecule has 1 N–H and O–H groups in total. The van der Waals surface area contributed by atoms with E-state index >= 15 is 0 Å². The van der Waals surface area contributed by atoms with E-state index in [9.17, 15) is 14.7 Å². The lowest BCUT2D eigenvalue weighted by molar-refractivity contribution is 0.0202. The van der Waals surface area contributed by atoms with Crippen LogP contribution in [0.25, 0.3) is 21.5 Å². The number of nitrogens with zero attached hydrogens (tertiary/aromatic N) is 3. The van der Waals surface area contributed by atoms with Crippen LogP contribution in [0.15, 0.2) is 34.9 Å². The molecule has 2 aromatic carbocycles. The highest BCUT2D eigenvalue weighted by Gasteiger charge is 2.45. The van der Waals surface area contributed by atoms with Crippen LogP contribution < -0.4 is 4.90 Å². The number of carboxylic acids is 1. The first-order valence-corrected chi connectivity index (χ1v) is 16.0. The molecule has 2 bridgehead atoms. The van der Waals surface area contributed by atoms with Crippen molar-refractivity contribution in [2.75, 3.05) is 4.90 Å². The van der Waals surface area contributed by atoms with Gasteiger partial charge in [-0.15, -0.1) is 0 Å². The van der Waals surface area contributed by atoms with Crippen molar-refractivity contribution in [2.24, 2.45) is 0 Å². The first kappa shape index (κ1) is 26.5. The van der Waals surface area contributed by atoms with E-state index in [1.54, 1.807) is 41.7 Å². The molecule has 2 aromatic heterocycles. The number of hydrogen-bond donors (Lipinski definition) is 1. The van der Waals surface area contributed by atoms with E-state index in [1.165, 1.54) is 0 Å². The van der Waals surface area contributed by atoms with Crippen LogP contribution in [0.5, 0.6) is 0 Å². The summed E-state index contributed by atoms with van der Waals surface area (Å²) < 4.78 is 12.8. The van der Waals surface area contributed by atoms with Crippen LogP contribution in [0, 0.1) is 0 Å². The van der Waals surface area contributed by atoms with Crippen LogP contribution in [0.1, 0.15) is 95.2 Å². The number of halogens is 2. The summed E-state index contributed by atoms with van der Waals surface area (Å²) in [5.74, 6) is -0.263. The third-order valence-corrected chi connectivity index (χ3v) is 10.7. The van der Waals surface area contributed by atoms with Crippen molar-refractivity contribution < 1.29 is 24.0 Å². The van der Waals surface area contributed by atoms with Gasteiger partial charge in [-0.3, -0.25) is 0 Å². The summed E-state index contributed by atoms with van der Waals surface area (Å²) in [5.41, 5.74) is 3.45. The van der Waals surface area contributed by atoms with Crippen LogP contribution in [0.4, 0.5) is 5.13 Å². The molecule has 3 atom stereocenters. The fourth-order valence-corrected chi connectivity index (χ4v) is 8.51. The first-order chi connectivity index (χ1) is 20.4.